The summed E-state index contributed by atoms with van der Waals surface area (Å²) in [5.41, 5.74) is 0. The molecule has 0 atom stereocenters. The molecule has 0 saturated carbocycles. The van der Waals surface area contributed by atoms with E-state index in [-0.39, 0.29) is 46.0 Å². The van der Waals surface area contributed by atoms with Gasteiger partial charge >= 0.3 is 46.0 Å². The zero-order valence-electron chi connectivity index (χ0n) is 2.99. The molecule has 0 radical (unpaired) electrons. The third-order valence-electron chi connectivity index (χ3n) is 0. The van der Waals surface area contributed by atoms with Crippen molar-refractivity contribution in [3.8, 4) is 0 Å². The molecule has 6 heteroatoms. The van der Waals surface area contributed by atoms with Gasteiger partial charge in [-0.3, -0.25) is 0 Å². The zero-order chi connectivity index (χ0) is 3.58. The van der Waals surface area contributed by atoms with E-state index < -0.39 is 8.60 Å². The van der Waals surface area contributed by atoms with Crippen molar-refractivity contribution in [2.24, 2.45) is 0 Å². The van der Waals surface area contributed by atoms with Gasteiger partial charge < -0.3 is 23.3 Å². The van der Waals surface area contributed by atoms with Crippen molar-refractivity contribution in [3.05, 3.63) is 0 Å². The summed E-state index contributed by atoms with van der Waals surface area (Å²) < 4.78 is 0. The minimum absolute atomic E-state index is 0. The molecule has 0 bridgehead atoms. The van der Waals surface area contributed by atoms with Crippen molar-refractivity contribution in [2.45, 2.75) is 0 Å². The zero-order valence-corrected chi connectivity index (χ0v) is 6.87. The van der Waals surface area contributed by atoms with Crippen LogP contribution >= 0.6 is 8.60 Å². The fourth-order valence-corrected chi connectivity index (χ4v) is 0. The van der Waals surface area contributed by atoms with Crippen LogP contribution < -0.4 is 44.2 Å². The van der Waals surface area contributed by atoms with Crippen LogP contribution in [0.2, 0.25) is 0 Å². The third-order valence-corrected chi connectivity index (χ3v) is 0. The summed E-state index contributed by atoms with van der Waals surface area (Å²) in [7, 11) is -3.37. The molecule has 0 aromatic rings. The van der Waals surface area contributed by atoms with Crippen LogP contribution in [0.25, 0.3) is 0 Å². The molecule has 0 saturated heterocycles. The van der Waals surface area contributed by atoms with Gasteiger partial charge in [-0.2, -0.15) is 0 Å². The minimum Gasteiger partial charge on any atom is -0.854 e. The predicted molar refractivity (Wildman–Crippen MR) is 6.92 cm³/mol. The van der Waals surface area contributed by atoms with Crippen LogP contribution in [0.1, 0.15) is 0 Å². The summed E-state index contributed by atoms with van der Waals surface area (Å²) >= 11 is 0. The van der Waals surface area contributed by atoms with E-state index in [2.05, 4.69) is 0 Å². The van der Waals surface area contributed by atoms with Gasteiger partial charge in [-0.1, -0.05) is 0 Å². The van der Waals surface area contributed by atoms with E-state index in [1.54, 1.807) is 0 Å². The molecule has 3 nitrogen and oxygen atoms in total. The fourth-order valence-electron chi connectivity index (χ4n) is 0. The van der Waals surface area contributed by atoms with Crippen molar-refractivity contribution in [2.75, 3.05) is 0 Å². The Morgan fingerprint density at radius 3 is 1.00 bits per heavy atom. The monoisotopic (exact) mass is 160 g/mol. The van der Waals surface area contributed by atoms with Crippen molar-refractivity contribution in [1.82, 2.24) is 0 Å². The molecule has 0 aromatic carbocycles. The average molecular weight is 161 g/mol. The van der Waals surface area contributed by atoms with E-state index in [1.165, 1.54) is 0 Å². The maximum atomic E-state index is 8.48. The Kier molecular flexibility index (Phi) is 25.9. The number of hydrogen-bond donors (Lipinski definition) is 0. The van der Waals surface area contributed by atoms with Crippen molar-refractivity contribution in [1.29, 1.82) is 0 Å². The normalized spacial score (nSPS) is 6.00. The molecule has 0 spiro atoms. The predicted octanol–water partition coefficient (Wildman–Crippen LogP) is -5.70. The van der Waals surface area contributed by atoms with Crippen molar-refractivity contribution in [3.63, 3.8) is 0 Å². The van der Waals surface area contributed by atoms with Gasteiger partial charge in [0.1, 0.15) is 0 Å². The molecule has 0 unspecified atom stereocenters. The Hall–Kier alpha value is 1.80. The third kappa shape index (κ3) is 41.2. The molecule has 0 aliphatic rings. The summed E-state index contributed by atoms with van der Waals surface area (Å²) in [6, 6.07) is 0. The second-order valence-electron chi connectivity index (χ2n) is 0.224. The van der Waals surface area contributed by atoms with Gasteiger partial charge in [-0.25, -0.2) is 0 Å². The Morgan fingerprint density at radius 1 is 1.00 bits per heavy atom. The second-order valence-corrected chi connectivity index (χ2v) is 0.671. The first-order valence-corrected chi connectivity index (χ1v) is 1.64. The maximum absolute atomic E-state index is 8.48. The molecule has 0 rings (SSSR count). The molecule has 0 aliphatic carbocycles. The van der Waals surface area contributed by atoms with Crippen LogP contribution in [0.5, 0.6) is 0 Å². The first-order chi connectivity index (χ1) is 1.73. The van der Waals surface area contributed by atoms with E-state index in [0.717, 1.165) is 0 Å². The van der Waals surface area contributed by atoms with Crippen LogP contribution in [0, 0.1) is 0 Å². The Labute approximate surface area is 69.0 Å². The summed E-state index contributed by atoms with van der Waals surface area (Å²) in [5, 5.41) is 0. The SMILES string of the molecule is [Na+].[Ni+2].[O-]P([O-])[O-]. The Bertz CT molecular complexity index is 15.5. The van der Waals surface area contributed by atoms with Gasteiger partial charge in [-0.05, 0) is 0 Å². The molecule has 0 fully saturated rings. The van der Waals surface area contributed by atoms with Crippen LogP contribution in [-0.2, 0) is 16.5 Å². The topological polar surface area (TPSA) is 69.2 Å². The minimum atomic E-state index is -3.37. The van der Waals surface area contributed by atoms with Crippen LogP contribution in [0.4, 0.5) is 0 Å². The molecule has 34 valence electrons. The molecule has 0 aromatic heterocycles. The van der Waals surface area contributed by atoms with Crippen molar-refractivity contribution < 1.29 is 60.7 Å². The average Bonchev–Trinajstić information content (AvgIpc) is 0.811. The quantitative estimate of drug-likeness (QED) is 0.262. The van der Waals surface area contributed by atoms with Crippen LogP contribution in [0.15, 0.2) is 0 Å². The summed E-state index contributed by atoms with van der Waals surface area (Å²) in [6.07, 6.45) is 0. The van der Waals surface area contributed by atoms with Gasteiger partial charge in [-0.15, -0.1) is 0 Å². The summed E-state index contributed by atoms with van der Waals surface area (Å²) in [4.78, 5) is 25.4. The Morgan fingerprint density at radius 2 is 1.00 bits per heavy atom. The first-order valence-electron chi connectivity index (χ1n) is 0.548. The van der Waals surface area contributed by atoms with E-state index in [1.807, 2.05) is 0 Å². The molecule has 6 heavy (non-hydrogen) atoms. The molecule has 0 heterocycles. The number of hydrogen-bond acceptors (Lipinski definition) is 3. The summed E-state index contributed by atoms with van der Waals surface area (Å²) in [5.74, 6) is 0. The van der Waals surface area contributed by atoms with Crippen LogP contribution in [-0.4, -0.2) is 0 Å². The maximum Gasteiger partial charge on any atom is 2.00 e. The second kappa shape index (κ2) is 9.93. The van der Waals surface area contributed by atoms with Gasteiger partial charge in [0, 0.05) is 0 Å². The van der Waals surface area contributed by atoms with E-state index in [4.69, 9.17) is 14.7 Å². The fraction of sp³-hybridized carbons (Fsp3) is 0. The molecule has 0 N–H and O–H groups in total. The number of rotatable bonds is 0. The smallest absolute Gasteiger partial charge is 0.854 e. The van der Waals surface area contributed by atoms with Gasteiger partial charge in [0.05, 0.1) is 0 Å². The van der Waals surface area contributed by atoms with E-state index >= 15 is 0 Å². The van der Waals surface area contributed by atoms with E-state index in [9.17, 15) is 0 Å². The standard InChI is InChI=1S/Na.Ni.O3P/c;;1-4(2)3/q+1;+2;-3. The molecular weight excluding hydrogens is 161 g/mol. The first kappa shape index (κ1) is 15.7. The molecule has 0 aliphatic heterocycles. The van der Waals surface area contributed by atoms with Crippen LogP contribution in [0.3, 0.4) is 0 Å². The Balaban J connectivity index is -0.0000000450. The van der Waals surface area contributed by atoms with Gasteiger partial charge in [0.15, 0.2) is 0 Å². The molecule has 0 amide bonds. The van der Waals surface area contributed by atoms with Gasteiger partial charge in [0.2, 0.25) is 0 Å². The van der Waals surface area contributed by atoms with Crippen molar-refractivity contribution >= 4 is 8.60 Å². The van der Waals surface area contributed by atoms with Gasteiger partial charge in [0.25, 0.3) is 0 Å². The molecular formula is NaNiO3P. The largest absolute Gasteiger partial charge is 2.00 e. The summed E-state index contributed by atoms with van der Waals surface area (Å²) in [6.45, 7) is 0. The van der Waals surface area contributed by atoms with E-state index in [0.29, 0.717) is 0 Å².